The molecule has 0 aliphatic carbocycles. The van der Waals surface area contributed by atoms with Crippen molar-refractivity contribution in [3.63, 3.8) is 0 Å². The quantitative estimate of drug-likeness (QED) is 0.743. The molecule has 5 heteroatoms. The van der Waals surface area contributed by atoms with E-state index < -0.39 is 5.82 Å². The van der Waals surface area contributed by atoms with Gasteiger partial charge in [-0.25, -0.2) is 4.39 Å². The van der Waals surface area contributed by atoms with Crippen molar-refractivity contribution in [2.45, 2.75) is 12.8 Å². The minimum absolute atomic E-state index is 0.0566. The predicted molar refractivity (Wildman–Crippen MR) is 60.7 cm³/mol. The minimum atomic E-state index is -0.415. The van der Waals surface area contributed by atoms with Crippen molar-refractivity contribution in [2.75, 3.05) is 11.4 Å². The molecular formula is C11H9BrFNO2. The van der Waals surface area contributed by atoms with Gasteiger partial charge in [0.15, 0.2) is 0 Å². The third kappa shape index (κ3) is 2.14. The lowest BCUT2D eigenvalue weighted by molar-refractivity contribution is -0.128. The van der Waals surface area contributed by atoms with E-state index in [1.165, 1.54) is 11.0 Å². The van der Waals surface area contributed by atoms with E-state index in [1.54, 1.807) is 12.1 Å². The number of nitrogens with zero attached hydrogens (tertiary/aromatic N) is 1. The number of hydrogen-bond donors (Lipinski definition) is 0. The molecule has 0 radical (unpaired) electrons. The van der Waals surface area contributed by atoms with Gasteiger partial charge in [0.2, 0.25) is 5.91 Å². The Morgan fingerprint density at radius 3 is 2.69 bits per heavy atom. The molecule has 1 amide bonds. The molecule has 1 heterocycles. The minimum Gasteiger partial charge on any atom is -0.312 e. The van der Waals surface area contributed by atoms with Crippen molar-refractivity contribution in [3.05, 3.63) is 28.5 Å². The molecule has 0 bridgehead atoms. The maximum Gasteiger partial charge on any atom is 0.234 e. The summed E-state index contributed by atoms with van der Waals surface area (Å²) in [6.07, 6.45) is 0.251. The molecule has 3 nitrogen and oxygen atoms in total. The van der Waals surface area contributed by atoms with Crippen LogP contribution in [0.2, 0.25) is 0 Å². The van der Waals surface area contributed by atoms with Gasteiger partial charge < -0.3 is 4.90 Å². The molecule has 1 aliphatic heterocycles. The topological polar surface area (TPSA) is 37.4 Å². The number of anilines is 1. The lowest BCUT2D eigenvalue weighted by Crippen LogP contribution is -2.39. The van der Waals surface area contributed by atoms with Gasteiger partial charge in [-0.2, -0.15) is 0 Å². The van der Waals surface area contributed by atoms with E-state index in [2.05, 4.69) is 15.9 Å². The normalized spacial score (nSPS) is 16.8. The highest BCUT2D eigenvalue weighted by atomic mass is 79.9. The van der Waals surface area contributed by atoms with Crippen LogP contribution in [-0.2, 0) is 9.59 Å². The Hall–Kier alpha value is -1.23. The average Bonchev–Trinajstić information content (AvgIpc) is 2.22. The van der Waals surface area contributed by atoms with Gasteiger partial charge in [0.05, 0.1) is 10.9 Å². The molecule has 0 spiro atoms. The summed E-state index contributed by atoms with van der Waals surface area (Å²) >= 11 is 3.05. The molecule has 1 aliphatic rings. The largest absolute Gasteiger partial charge is 0.312 e. The molecule has 1 saturated heterocycles. The Balaban J connectivity index is 2.27. The number of carbonyl (C=O) groups excluding carboxylic acids is 2. The van der Waals surface area contributed by atoms with Crippen LogP contribution in [-0.4, -0.2) is 18.2 Å². The molecule has 2 rings (SSSR count). The molecule has 0 unspecified atom stereocenters. The summed E-state index contributed by atoms with van der Waals surface area (Å²) in [6.45, 7) is 0.332. The van der Waals surface area contributed by atoms with Gasteiger partial charge in [-0.05, 0) is 34.1 Å². The number of amides is 1. The van der Waals surface area contributed by atoms with Crippen molar-refractivity contribution in [1.29, 1.82) is 0 Å². The fraction of sp³-hybridized carbons (Fsp3) is 0.273. The third-order valence-corrected chi connectivity index (χ3v) is 3.12. The smallest absolute Gasteiger partial charge is 0.234 e. The summed E-state index contributed by atoms with van der Waals surface area (Å²) in [5, 5.41) is 0. The Kier molecular flexibility index (Phi) is 3.05. The van der Waals surface area contributed by atoms with Crippen LogP contribution in [0, 0.1) is 5.82 Å². The molecule has 84 valence electrons. The SMILES string of the molecule is O=C1CCN(c2ccc(Br)c(F)c2)C(=O)C1. The monoisotopic (exact) mass is 285 g/mol. The highest BCUT2D eigenvalue weighted by Gasteiger charge is 2.25. The highest BCUT2D eigenvalue weighted by molar-refractivity contribution is 9.10. The molecule has 0 aromatic heterocycles. The van der Waals surface area contributed by atoms with Crippen molar-refractivity contribution in [3.8, 4) is 0 Å². The maximum absolute atomic E-state index is 13.3. The van der Waals surface area contributed by atoms with Crippen molar-refractivity contribution < 1.29 is 14.0 Å². The van der Waals surface area contributed by atoms with Crippen LogP contribution in [0.4, 0.5) is 10.1 Å². The van der Waals surface area contributed by atoms with Crippen LogP contribution in [0.1, 0.15) is 12.8 Å². The number of Topliss-reactive ketones (excluding diaryl/α,β-unsaturated/α-hetero) is 1. The number of rotatable bonds is 1. The first-order valence-corrected chi connectivity index (χ1v) is 5.64. The van der Waals surface area contributed by atoms with E-state index in [4.69, 9.17) is 0 Å². The number of piperidine rings is 1. The van der Waals surface area contributed by atoms with Gasteiger partial charge in [-0.1, -0.05) is 0 Å². The lowest BCUT2D eigenvalue weighted by Gasteiger charge is -2.26. The van der Waals surface area contributed by atoms with Crippen LogP contribution >= 0.6 is 15.9 Å². The maximum atomic E-state index is 13.3. The summed E-state index contributed by atoms with van der Waals surface area (Å²) in [5.41, 5.74) is 0.498. The van der Waals surface area contributed by atoms with E-state index >= 15 is 0 Å². The van der Waals surface area contributed by atoms with Crippen molar-refractivity contribution in [1.82, 2.24) is 0 Å². The lowest BCUT2D eigenvalue weighted by atomic mass is 10.1. The zero-order valence-corrected chi connectivity index (χ0v) is 9.96. The number of carbonyl (C=O) groups is 2. The third-order valence-electron chi connectivity index (χ3n) is 2.48. The van der Waals surface area contributed by atoms with Gasteiger partial charge in [0.25, 0.3) is 0 Å². The Morgan fingerprint density at radius 2 is 2.06 bits per heavy atom. The zero-order valence-electron chi connectivity index (χ0n) is 8.37. The first-order valence-electron chi connectivity index (χ1n) is 4.85. The van der Waals surface area contributed by atoms with Crippen molar-refractivity contribution in [2.24, 2.45) is 0 Å². The van der Waals surface area contributed by atoms with E-state index in [0.717, 1.165) is 0 Å². The van der Waals surface area contributed by atoms with Crippen LogP contribution in [0.3, 0.4) is 0 Å². The van der Waals surface area contributed by atoms with E-state index in [0.29, 0.717) is 23.1 Å². The van der Waals surface area contributed by atoms with Gasteiger partial charge in [0.1, 0.15) is 11.6 Å². The van der Waals surface area contributed by atoms with E-state index in [9.17, 15) is 14.0 Å². The fourth-order valence-corrected chi connectivity index (χ4v) is 1.89. The van der Waals surface area contributed by atoms with Crippen LogP contribution < -0.4 is 4.90 Å². The molecule has 16 heavy (non-hydrogen) atoms. The second-order valence-electron chi connectivity index (χ2n) is 3.61. The van der Waals surface area contributed by atoms with Gasteiger partial charge in [-0.15, -0.1) is 0 Å². The molecule has 0 N–H and O–H groups in total. The first-order chi connectivity index (χ1) is 7.58. The summed E-state index contributed by atoms with van der Waals surface area (Å²) in [7, 11) is 0. The van der Waals surface area contributed by atoms with Crippen molar-refractivity contribution >= 4 is 33.3 Å². The molecule has 1 aromatic rings. The summed E-state index contributed by atoms with van der Waals surface area (Å²) < 4.78 is 13.6. The highest BCUT2D eigenvalue weighted by Crippen LogP contribution is 2.24. The molecular weight excluding hydrogens is 277 g/mol. The second kappa shape index (κ2) is 4.33. The Bertz CT molecular complexity index is 461. The van der Waals surface area contributed by atoms with E-state index in [1.807, 2.05) is 0 Å². The molecule has 1 fully saturated rings. The molecule has 1 aromatic carbocycles. The molecule has 0 atom stereocenters. The number of hydrogen-bond acceptors (Lipinski definition) is 2. The standard InChI is InChI=1S/C11H9BrFNO2/c12-9-2-1-7(5-10(9)13)14-4-3-8(15)6-11(14)16/h1-2,5H,3-4,6H2. The predicted octanol–water partition coefficient (Wildman–Crippen LogP) is 2.28. The zero-order chi connectivity index (χ0) is 11.7. The fourth-order valence-electron chi connectivity index (χ4n) is 1.64. The Labute approximate surface area is 100 Å². The summed E-state index contributed by atoms with van der Waals surface area (Å²) in [6, 6.07) is 4.49. The Morgan fingerprint density at radius 1 is 1.31 bits per heavy atom. The van der Waals surface area contributed by atoms with Crippen LogP contribution in [0.15, 0.2) is 22.7 Å². The van der Waals surface area contributed by atoms with Gasteiger partial charge in [0, 0.05) is 18.7 Å². The summed E-state index contributed by atoms with van der Waals surface area (Å²) in [5.74, 6) is -0.737. The van der Waals surface area contributed by atoms with Crippen LogP contribution in [0.25, 0.3) is 0 Å². The summed E-state index contributed by atoms with van der Waals surface area (Å²) in [4.78, 5) is 24.1. The molecule has 0 saturated carbocycles. The number of benzene rings is 1. The average molecular weight is 286 g/mol. The van der Waals surface area contributed by atoms with Gasteiger partial charge >= 0.3 is 0 Å². The number of halogens is 2. The first kappa shape index (κ1) is 11.3. The van der Waals surface area contributed by atoms with E-state index in [-0.39, 0.29) is 18.1 Å². The second-order valence-corrected chi connectivity index (χ2v) is 4.46. The van der Waals surface area contributed by atoms with Gasteiger partial charge in [-0.3, -0.25) is 9.59 Å². The number of ketones is 1. The van der Waals surface area contributed by atoms with Crippen LogP contribution in [0.5, 0.6) is 0 Å².